The number of hydrogen-bond donors (Lipinski definition) is 1. The summed E-state index contributed by atoms with van der Waals surface area (Å²) in [5.41, 5.74) is 1.66. The third-order valence-corrected chi connectivity index (χ3v) is 5.27. The minimum absolute atomic E-state index is 0.123. The van der Waals surface area contributed by atoms with Gasteiger partial charge in [0.05, 0.1) is 5.92 Å². The average molecular weight is 377 g/mol. The van der Waals surface area contributed by atoms with Crippen LogP contribution >= 0.6 is 0 Å². The predicted molar refractivity (Wildman–Crippen MR) is 101 cm³/mol. The fourth-order valence-electron chi connectivity index (χ4n) is 3.39. The number of ketones is 2. The topological polar surface area (TPSA) is 89.5 Å². The smallest absolute Gasteiger partial charge is 0.309 e. The number of ether oxygens (including phenoxy) is 1. The Morgan fingerprint density at radius 2 is 1.57 bits per heavy atom. The maximum atomic E-state index is 12.7. The minimum Gasteiger partial charge on any atom is -0.452 e. The van der Waals surface area contributed by atoms with E-state index < -0.39 is 12.0 Å². The summed E-state index contributed by atoms with van der Waals surface area (Å²) in [4.78, 5) is 49.6. The molecule has 6 nitrogen and oxygen atoms in total. The second-order valence-corrected chi connectivity index (χ2v) is 7.35. The van der Waals surface area contributed by atoms with Gasteiger partial charge in [0.2, 0.25) is 0 Å². The Kier molecular flexibility index (Phi) is 4.34. The van der Waals surface area contributed by atoms with Gasteiger partial charge in [-0.3, -0.25) is 19.2 Å². The van der Waals surface area contributed by atoms with E-state index in [0.717, 1.165) is 6.42 Å². The third-order valence-electron chi connectivity index (χ3n) is 5.27. The standard InChI is InChI=1S/C22H19NO5/c1-11-9-17(11)22(27)28-12(2)21(26)23-13-7-8-16-18(10-13)20(25)15-6-4-3-5-14(15)19(16)24/h3-8,10-12,17H,9H2,1-2H3,(H,23,26). The Bertz CT molecular complexity index is 1030. The number of hydrogen-bond acceptors (Lipinski definition) is 5. The molecule has 1 amide bonds. The van der Waals surface area contributed by atoms with Gasteiger partial charge in [-0.2, -0.15) is 0 Å². The van der Waals surface area contributed by atoms with Crippen molar-refractivity contribution in [2.24, 2.45) is 11.8 Å². The lowest BCUT2D eigenvalue weighted by Gasteiger charge is -2.19. The van der Waals surface area contributed by atoms with Crippen LogP contribution in [0.25, 0.3) is 0 Å². The van der Waals surface area contributed by atoms with Gasteiger partial charge in [0.15, 0.2) is 17.7 Å². The van der Waals surface area contributed by atoms with Crippen molar-refractivity contribution in [1.82, 2.24) is 0 Å². The van der Waals surface area contributed by atoms with Crippen LogP contribution in [0.1, 0.15) is 52.1 Å². The third kappa shape index (κ3) is 3.11. The number of fused-ring (bicyclic) bond motifs is 2. The molecule has 1 N–H and O–H groups in total. The summed E-state index contributed by atoms with van der Waals surface area (Å²) in [6.07, 6.45) is -0.162. The molecule has 0 spiro atoms. The molecule has 0 aliphatic heterocycles. The number of amides is 1. The van der Waals surface area contributed by atoms with Gasteiger partial charge in [-0.25, -0.2) is 0 Å². The predicted octanol–water partition coefficient (Wildman–Crippen LogP) is 2.99. The maximum absolute atomic E-state index is 12.7. The van der Waals surface area contributed by atoms with Gasteiger partial charge >= 0.3 is 5.97 Å². The van der Waals surface area contributed by atoms with Crippen molar-refractivity contribution >= 4 is 29.1 Å². The van der Waals surface area contributed by atoms with Gasteiger partial charge in [-0.1, -0.05) is 31.2 Å². The first-order valence-corrected chi connectivity index (χ1v) is 9.20. The molecule has 28 heavy (non-hydrogen) atoms. The van der Waals surface area contributed by atoms with Crippen molar-refractivity contribution in [3.05, 3.63) is 64.7 Å². The van der Waals surface area contributed by atoms with Crippen LogP contribution in [-0.2, 0) is 14.3 Å². The zero-order valence-electron chi connectivity index (χ0n) is 15.5. The molecule has 2 aliphatic rings. The molecule has 2 aliphatic carbocycles. The van der Waals surface area contributed by atoms with Gasteiger partial charge in [-0.15, -0.1) is 0 Å². The van der Waals surface area contributed by atoms with Crippen LogP contribution in [0.15, 0.2) is 42.5 Å². The average Bonchev–Trinajstić information content (AvgIpc) is 3.43. The number of benzene rings is 2. The van der Waals surface area contributed by atoms with Crippen molar-refractivity contribution in [3.8, 4) is 0 Å². The fraction of sp³-hybridized carbons (Fsp3) is 0.273. The summed E-state index contributed by atoms with van der Waals surface area (Å²) in [7, 11) is 0. The van der Waals surface area contributed by atoms with E-state index in [1.807, 2.05) is 6.92 Å². The highest BCUT2D eigenvalue weighted by molar-refractivity contribution is 6.28. The van der Waals surface area contributed by atoms with Crippen molar-refractivity contribution < 1.29 is 23.9 Å². The monoisotopic (exact) mass is 377 g/mol. The normalized spacial score (nSPS) is 20.6. The van der Waals surface area contributed by atoms with Crippen molar-refractivity contribution in [3.63, 3.8) is 0 Å². The highest BCUT2D eigenvalue weighted by Gasteiger charge is 2.41. The Morgan fingerprint density at radius 3 is 2.18 bits per heavy atom. The first-order valence-electron chi connectivity index (χ1n) is 9.20. The first kappa shape index (κ1) is 18.1. The molecule has 0 bridgehead atoms. The highest BCUT2D eigenvalue weighted by atomic mass is 16.5. The summed E-state index contributed by atoms with van der Waals surface area (Å²) < 4.78 is 5.20. The maximum Gasteiger partial charge on any atom is 0.309 e. The van der Waals surface area contributed by atoms with E-state index in [1.54, 1.807) is 30.3 Å². The Balaban J connectivity index is 1.51. The summed E-state index contributed by atoms with van der Waals surface area (Å²) >= 11 is 0. The molecule has 0 heterocycles. The summed E-state index contributed by atoms with van der Waals surface area (Å²) in [5.74, 6) is -1.15. The minimum atomic E-state index is -0.950. The quantitative estimate of drug-likeness (QED) is 0.706. The van der Waals surface area contributed by atoms with E-state index in [4.69, 9.17) is 4.74 Å². The Labute approximate surface area is 161 Å². The largest absolute Gasteiger partial charge is 0.452 e. The molecule has 2 aromatic rings. The lowest BCUT2D eigenvalue weighted by Crippen LogP contribution is -2.31. The van der Waals surface area contributed by atoms with Crippen LogP contribution in [0.5, 0.6) is 0 Å². The SMILES string of the molecule is CC(OC(=O)C1CC1C)C(=O)Nc1ccc2c(c1)C(=O)c1ccccc1C2=O. The summed E-state index contributed by atoms with van der Waals surface area (Å²) in [5, 5.41) is 2.65. The lowest BCUT2D eigenvalue weighted by molar-refractivity contribution is -0.154. The molecule has 0 radical (unpaired) electrons. The highest BCUT2D eigenvalue weighted by Crippen LogP contribution is 2.38. The number of rotatable bonds is 4. The number of carbonyl (C=O) groups is 4. The van der Waals surface area contributed by atoms with E-state index in [9.17, 15) is 19.2 Å². The molecule has 3 atom stereocenters. The molecular weight excluding hydrogens is 358 g/mol. The van der Waals surface area contributed by atoms with Crippen LogP contribution in [0.2, 0.25) is 0 Å². The van der Waals surface area contributed by atoms with Gasteiger partial charge in [0.1, 0.15) is 0 Å². The van der Waals surface area contributed by atoms with Crippen LogP contribution in [0, 0.1) is 11.8 Å². The van der Waals surface area contributed by atoms with Gasteiger partial charge in [0, 0.05) is 27.9 Å². The second-order valence-electron chi connectivity index (χ2n) is 7.35. The molecule has 142 valence electrons. The number of anilines is 1. The Morgan fingerprint density at radius 1 is 1.00 bits per heavy atom. The molecule has 3 unspecified atom stereocenters. The van der Waals surface area contributed by atoms with Crippen molar-refractivity contribution in [1.29, 1.82) is 0 Å². The van der Waals surface area contributed by atoms with Crippen LogP contribution in [0.3, 0.4) is 0 Å². The molecule has 0 saturated heterocycles. The molecule has 4 rings (SSSR count). The van der Waals surface area contributed by atoms with Gasteiger partial charge in [-0.05, 0) is 37.5 Å². The van der Waals surface area contributed by atoms with Gasteiger partial charge in [0.25, 0.3) is 5.91 Å². The van der Waals surface area contributed by atoms with E-state index >= 15 is 0 Å². The molecule has 1 fully saturated rings. The van der Waals surface area contributed by atoms with Gasteiger partial charge < -0.3 is 10.1 Å². The first-order chi connectivity index (χ1) is 13.4. The summed E-state index contributed by atoms with van der Waals surface area (Å²) in [6.45, 7) is 3.46. The molecule has 2 aromatic carbocycles. The molecule has 6 heteroatoms. The molecule has 0 aromatic heterocycles. The van der Waals surface area contributed by atoms with E-state index in [2.05, 4.69) is 5.32 Å². The number of carbonyl (C=O) groups excluding carboxylic acids is 4. The zero-order chi connectivity index (χ0) is 20.0. The van der Waals surface area contributed by atoms with Crippen molar-refractivity contribution in [2.45, 2.75) is 26.4 Å². The zero-order valence-corrected chi connectivity index (χ0v) is 15.5. The van der Waals surface area contributed by atoms with Crippen LogP contribution in [-0.4, -0.2) is 29.5 Å². The van der Waals surface area contributed by atoms with Crippen LogP contribution in [0.4, 0.5) is 5.69 Å². The lowest BCUT2D eigenvalue weighted by atomic mass is 9.84. The second kappa shape index (κ2) is 6.71. The van der Waals surface area contributed by atoms with Crippen LogP contribution < -0.4 is 5.32 Å². The van der Waals surface area contributed by atoms with E-state index in [1.165, 1.54) is 19.1 Å². The van der Waals surface area contributed by atoms with E-state index in [-0.39, 0.29) is 29.0 Å². The number of esters is 1. The Hall–Kier alpha value is -3.28. The van der Waals surface area contributed by atoms with E-state index in [0.29, 0.717) is 28.3 Å². The molecular formula is C22H19NO5. The fourth-order valence-corrected chi connectivity index (χ4v) is 3.39. The number of nitrogens with one attached hydrogen (secondary N) is 1. The molecule has 1 saturated carbocycles. The summed E-state index contributed by atoms with van der Waals surface area (Å²) in [6, 6.07) is 11.2. The van der Waals surface area contributed by atoms with Crippen molar-refractivity contribution in [2.75, 3.05) is 5.32 Å².